The first kappa shape index (κ1) is 10.5. The van der Waals surface area contributed by atoms with Crippen molar-refractivity contribution in [2.45, 2.75) is 26.2 Å². The maximum Gasteiger partial charge on any atom is 0.339 e. The molecule has 0 aliphatic heterocycles. The number of nitrogen functional groups attached to an aromatic ring is 1. The molecule has 0 amide bonds. The van der Waals surface area contributed by atoms with Crippen LogP contribution in [0.25, 0.3) is 10.2 Å². The molecule has 0 fully saturated rings. The van der Waals surface area contributed by atoms with E-state index in [-0.39, 0.29) is 5.56 Å². The molecule has 0 saturated heterocycles. The molecule has 17 heavy (non-hydrogen) atoms. The number of aromatic carboxylic acids is 1. The third-order valence-electron chi connectivity index (χ3n) is 3.29. The molecular weight excluding hydrogens is 236 g/mol. The zero-order valence-corrected chi connectivity index (χ0v) is 10.2. The van der Waals surface area contributed by atoms with Gasteiger partial charge < -0.3 is 10.8 Å². The van der Waals surface area contributed by atoms with E-state index < -0.39 is 5.97 Å². The molecule has 5 heteroatoms. The standard InChI is InChI=1S/C12H12N2O2S/c1-5-8(12(15)16)10(13)9-6-3-2-4-7(6)17-11(9)14-5/h2-4H2,1H3,(H2,13,14)(H,15,16). The van der Waals surface area contributed by atoms with Crippen molar-refractivity contribution in [2.75, 3.05) is 5.73 Å². The van der Waals surface area contributed by atoms with Crippen molar-refractivity contribution in [3.05, 3.63) is 21.7 Å². The number of hydrogen-bond acceptors (Lipinski definition) is 4. The number of anilines is 1. The maximum atomic E-state index is 11.2. The van der Waals surface area contributed by atoms with Gasteiger partial charge in [-0.25, -0.2) is 9.78 Å². The van der Waals surface area contributed by atoms with Gasteiger partial charge in [0.1, 0.15) is 10.4 Å². The number of aryl methyl sites for hydroxylation is 3. The van der Waals surface area contributed by atoms with E-state index in [4.69, 9.17) is 5.73 Å². The van der Waals surface area contributed by atoms with Gasteiger partial charge in [0.05, 0.1) is 11.4 Å². The van der Waals surface area contributed by atoms with Crippen LogP contribution < -0.4 is 5.73 Å². The molecular formula is C12H12N2O2S. The first-order chi connectivity index (χ1) is 8.09. The quantitative estimate of drug-likeness (QED) is 0.812. The lowest BCUT2D eigenvalue weighted by atomic mass is 10.1. The number of aromatic nitrogens is 1. The number of carboxylic acids is 1. The van der Waals surface area contributed by atoms with E-state index in [9.17, 15) is 9.90 Å². The summed E-state index contributed by atoms with van der Waals surface area (Å²) >= 11 is 1.65. The number of thiophene rings is 1. The number of hydrogen-bond donors (Lipinski definition) is 2. The number of pyridine rings is 1. The average molecular weight is 248 g/mol. The summed E-state index contributed by atoms with van der Waals surface area (Å²) in [4.78, 5) is 17.8. The van der Waals surface area contributed by atoms with Gasteiger partial charge in [0.25, 0.3) is 0 Å². The number of nitrogens with zero attached hydrogens (tertiary/aromatic N) is 1. The lowest BCUT2D eigenvalue weighted by molar-refractivity contribution is 0.0697. The van der Waals surface area contributed by atoms with Crippen LogP contribution in [-0.4, -0.2) is 16.1 Å². The molecule has 2 heterocycles. The van der Waals surface area contributed by atoms with Gasteiger partial charge >= 0.3 is 5.97 Å². The normalized spacial score (nSPS) is 14.2. The highest BCUT2D eigenvalue weighted by Gasteiger charge is 2.24. The van der Waals surface area contributed by atoms with Crippen molar-refractivity contribution in [2.24, 2.45) is 0 Å². The van der Waals surface area contributed by atoms with E-state index in [2.05, 4.69) is 4.98 Å². The zero-order chi connectivity index (χ0) is 12.2. The van der Waals surface area contributed by atoms with Crippen LogP contribution in [0, 0.1) is 6.92 Å². The van der Waals surface area contributed by atoms with Crippen LogP contribution in [0.1, 0.15) is 32.9 Å². The molecule has 0 bridgehead atoms. The Morgan fingerprint density at radius 1 is 1.47 bits per heavy atom. The van der Waals surface area contributed by atoms with Crippen molar-refractivity contribution >= 4 is 33.2 Å². The van der Waals surface area contributed by atoms with Gasteiger partial charge in [-0.3, -0.25) is 0 Å². The summed E-state index contributed by atoms with van der Waals surface area (Å²) < 4.78 is 0. The summed E-state index contributed by atoms with van der Waals surface area (Å²) in [6.07, 6.45) is 3.19. The Labute approximate surface area is 102 Å². The average Bonchev–Trinajstić information content (AvgIpc) is 2.74. The highest BCUT2D eigenvalue weighted by Crippen LogP contribution is 2.40. The van der Waals surface area contributed by atoms with Crippen LogP contribution in [0.5, 0.6) is 0 Å². The first-order valence-corrected chi connectivity index (χ1v) is 6.35. The molecule has 1 aliphatic rings. The van der Waals surface area contributed by atoms with E-state index in [0.717, 1.165) is 29.5 Å². The van der Waals surface area contributed by atoms with Gasteiger partial charge in [0, 0.05) is 10.3 Å². The summed E-state index contributed by atoms with van der Waals surface area (Å²) in [5, 5.41) is 10.1. The number of nitrogens with two attached hydrogens (primary N) is 1. The summed E-state index contributed by atoms with van der Waals surface area (Å²) in [6, 6.07) is 0. The topological polar surface area (TPSA) is 76.2 Å². The van der Waals surface area contributed by atoms with E-state index in [1.54, 1.807) is 18.3 Å². The minimum atomic E-state index is -0.993. The Balaban J connectivity index is 2.43. The third kappa shape index (κ3) is 1.35. The van der Waals surface area contributed by atoms with Gasteiger partial charge in [-0.1, -0.05) is 0 Å². The molecule has 0 unspecified atom stereocenters. The second-order valence-electron chi connectivity index (χ2n) is 4.33. The van der Waals surface area contributed by atoms with Crippen LogP contribution in [0.3, 0.4) is 0 Å². The zero-order valence-electron chi connectivity index (χ0n) is 9.41. The van der Waals surface area contributed by atoms with Gasteiger partial charge in [-0.15, -0.1) is 11.3 Å². The van der Waals surface area contributed by atoms with Crippen LogP contribution >= 0.6 is 11.3 Å². The van der Waals surface area contributed by atoms with Crippen molar-refractivity contribution in [3.63, 3.8) is 0 Å². The summed E-state index contributed by atoms with van der Waals surface area (Å²) in [5.74, 6) is -0.993. The fraction of sp³-hybridized carbons (Fsp3) is 0.333. The highest BCUT2D eigenvalue weighted by atomic mass is 32.1. The van der Waals surface area contributed by atoms with Crippen molar-refractivity contribution in [3.8, 4) is 0 Å². The Hall–Kier alpha value is -1.62. The number of rotatable bonds is 1. The molecule has 88 valence electrons. The van der Waals surface area contributed by atoms with Gasteiger partial charge in [0.2, 0.25) is 0 Å². The monoisotopic (exact) mass is 248 g/mol. The van der Waals surface area contributed by atoms with Crippen LogP contribution in [0.2, 0.25) is 0 Å². The molecule has 4 nitrogen and oxygen atoms in total. The van der Waals surface area contributed by atoms with Gasteiger partial charge in [-0.2, -0.15) is 0 Å². The van der Waals surface area contributed by atoms with Gasteiger partial charge in [-0.05, 0) is 31.7 Å². The second-order valence-corrected chi connectivity index (χ2v) is 5.41. The fourth-order valence-corrected chi connectivity index (χ4v) is 3.87. The third-order valence-corrected chi connectivity index (χ3v) is 4.47. The highest BCUT2D eigenvalue weighted by molar-refractivity contribution is 7.19. The molecule has 2 aromatic rings. The van der Waals surface area contributed by atoms with E-state index >= 15 is 0 Å². The maximum absolute atomic E-state index is 11.2. The minimum absolute atomic E-state index is 0.157. The SMILES string of the molecule is Cc1nc2sc3c(c2c(N)c1C(=O)O)CCC3. The Bertz CT molecular complexity index is 646. The fourth-order valence-electron chi connectivity index (χ4n) is 2.54. The lowest BCUT2D eigenvalue weighted by Gasteiger charge is -2.06. The number of carbonyl (C=O) groups is 1. The molecule has 0 spiro atoms. The molecule has 0 radical (unpaired) electrons. The summed E-state index contributed by atoms with van der Waals surface area (Å²) in [5.41, 5.74) is 8.29. The Morgan fingerprint density at radius 2 is 2.24 bits per heavy atom. The van der Waals surface area contributed by atoms with Crippen molar-refractivity contribution in [1.29, 1.82) is 0 Å². The Kier molecular flexibility index (Phi) is 2.13. The smallest absolute Gasteiger partial charge is 0.339 e. The first-order valence-electron chi connectivity index (χ1n) is 5.53. The predicted octanol–water partition coefficient (Wildman–Crippen LogP) is 2.37. The summed E-state index contributed by atoms with van der Waals surface area (Å²) in [7, 11) is 0. The van der Waals surface area contributed by atoms with E-state index in [1.165, 1.54) is 10.4 Å². The molecule has 0 saturated carbocycles. The summed E-state index contributed by atoms with van der Waals surface area (Å²) in [6.45, 7) is 1.70. The Morgan fingerprint density at radius 3 is 2.94 bits per heavy atom. The van der Waals surface area contributed by atoms with E-state index in [0.29, 0.717) is 11.4 Å². The molecule has 3 rings (SSSR count). The van der Waals surface area contributed by atoms with Crippen LogP contribution in [0.4, 0.5) is 5.69 Å². The second kappa shape index (κ2) is 3.43. The molecule has 2 aromatic heterocycles. The number of carboxylic acid groups (broad SMARTS) is 1. The molecule has 0 aromatic carbocycles. The lowest BCUT2D eigenvalue weighted by Crippen LogP contribution is -2.07. The number of fused-ring (bicyclic) bond motifs is 3. The minimum Gasteiger partial charge on any atom is -0.478 e. The van der Waals surface area contributed by atoms with Gasteiger partial charge in [0.15, 0.2) is 0 Å². The van der Waals surface area contributed by atoms with Crippen molar-refractivity contribution in [1.82, 2.24) is 4.98 Å². The predicted molar refractivity (Wildman–Crippen MR) is 67.8 cm³/mol. The molecule has 1 aliphatic carbocycles. The van der Waals surface area contributed by atoms with E-state index in [1.807, 2.05) is 0 Å². The molecule has 3 N–H and O–H groups in total. The molecule has 0 atom stereocenters. The van der Waals surface area contributed by atoms with Crippen molar-refractivity contribution < 1.29 is 9.90 Å². The van der Waals surface area contributed by atoms with Crippen LogP contribution in [0.15, 0.2) is 0 Å². The largest absolute Gasteiger partial charge is 0.478 e. The van der Waals surface area contributed by atoms with Crippen LogP contribution in [-0.2, 0) is 12.8 Å².